The number of rotatable bonds is 9. The number of morpholine rings is 1. The van der Waals surface area contributed by atoms with E-state index in [0.29, 0.717) is 50.1 Å². The number of ether oxygens (including phenoxy) is 2. The molecule has 4 rings (SSSR count). The largest absolute Gasteiger partial charge is 0.456 e. The number of carbonyl (C=O) groups excluding carboxylic acids is 1. The summed E-state index contributed by atoms with van der Waals surface area (Å²) in [6.07, 6.45) is 4.05. The van der Waals surface area contributed by atoms with Crippen LogP contribution >= 0.6 is 0 Å². The third-order valence-corrected chi connectivity index (χ3v) is 7.37. The summed E-state index contributed by atoms with van der Waals surface area (Å²) >= 11 is 0. The van der Waals surface area contributed by atoms with Gasteiger partial charge in [-0.3, -0.25) is 4.79 Å². The lowest BCUT2D eigenvalue weighted by molar-refractivity contribution is -0.143. The number of sulfonamides is 1. The number of benzene rings is 1. The molecule has 34 heavy (non-hydrogen) atoms. The number of carbonyl (C=O) groups is 1. The molecule has 1 aliphatic heterocycles. The topological polar surface area (TPSA) is 120 Å². The molecule has 0 atom stereocenters. The summed E-state index contributed by atoms with van der Waals surface area (Å²) in [7, 11) is -1.93. The standard InChI is InChI=1S/C22H28N6O5S/c1-3-9-28-19-6-5-17(34(30,31)27-10-12-32-13-11-27)14-18(19)25-20(28)16-33-21(29)15-26(2)22-23-7-4-8-24-22/h4-8,14H,3,9-13,15-16H2,1-2H3. The van der Waals surface area contributed by atoms with Crippen molar-refractivity contribution in [2.75, 3.05) is 44.8 Å². The number of nitrogens with zero attached hydrogens (tertiary/aromatic N) is 6. The summed E-state index contributed by atoms with van der Waals surface area (Å²) < 4.78 is 40.2. The Hall–Kier alpha value is -3.09. The molecule has 12 heteroatoms. The predicted molar refractivity (Wildman–Crippen MR) is 125 cm³/mol. The van der Waals surface area contributed by atoms with Crippen LogP contribution in [-0.4, -0.2) is 78.1 Å². The average Bonchev–Trinajstić information content (AvgIpc) is 3.20. The highest BCUT2D eigenvalue weighted by Crippen LogP contribution is 2.24. The van der Waals surface area contributed by atoms with E-state index in [-0.39, 0.29) is 18.0 Å². The number of anilines is 1. The highest BCUT2D eigenvalue weighted by atomic mass is 32.2. The molecule has 1 saturated heterocycles. The molecule has 0 amide bonds. The number of esters is 1. The van der Waals surface area contributed by atoms with Crippen LogP contribution in [0.5, 0.6) is 0 Å². The van der Waals surface area contributed by atoms with Crippen molar-refractivity contribution in [1.29, 1.82) is 0 Å². The molecule has 1 aliphatic rings. The third-order valence-electron chi connectivity index (χ3n) is 5.48. The van der Waals surface area contributed by atoms with Crippen molar-refractivity contribution in [3.05, 3.63) is 42.5 Å². The van der Waals surface area contributed by atoms with E-state index in [1.807, 2.05) is 11.5 Å². The minimum atomic E-state index is -3.63. The van der Waals surface area contributed by atoms with E-state index in [9.17, 15) is 13.2 Å². The van der Waals surface area contributed by atoms with Crippen LogP contribution in [0, 0.1) is 0 Å². The van der Waals surface area contributed by atoms with Gasteiger partial charge in [-0.15, -0.1) is 0 Å². The maximum absolute atomic E-state index is 13.0. The lowest BCUT2D eigenvalue weighted by Crippen LogP contribution is -2.40. The summed E-state index contributed by atoms with van der Waals surface area (Å²) in [6.45, 7) is 4.08. The van der Waals surface area contributed by atoms with Crippen LogP contribution in [-0.2, 0) is 37.4 Å². The molecule has 2 aromatic heterocycles. The molecule has 0 radical (unpaired) electrons. The Morgan fingerprint density at radius 2 is 1.94 bits per heavy atom. The van der Waals surface area contributed by atoms with Gasteiger partial charge in [0, 0.05) is 39.1 Å². The van der Waals surface area contributed by atoms with Crippen molar-refractivity contribution in [3.63, 3.8) is 0 Å². The van der Waals surface area contributed by atoms with E-state index in [4.69, 9.17) is 9.47 Å². The Bertz CT molecular complexity index is 1240. The maximum atomic E-state index is 13.0. The molecule has 1 fully saturated rings. The first-order valence-electron chi connectivity index (χ1n) is 11.1. The SMILES string of the molecule is CCCn1c(COC(=O)CN(C)c2ncccn2)nc2cc(S(=O)(=O)N3CCOCC3)ccc21. The minimum Gasteiger partial charge on any atom is -0.456 e. The van der Waals surface area contributed by atoms with Gasteiger partial charge < -0.3 is 18.9 Å². The molecule has 1 aromatic carbocycles. The zero-order valence-electron chi connectivity index (χ0n) is 19.3. The van der Waals surface area contributed by atoms with Crippen LogP contribution in [0.2, 0.25) is 0 Å². The Kier molecular flexibility index (Phi) is 7.39. The summed E-state index contributed by atoms with van der Waals surface area (Å²) in [5.41, 5.74) is 1.34. The molecule has 0 bridgehead atoms. The van der Waals surface area contributed by atoms with Gasteiger partial charge in [0.2, 0.25) is 16.0 Å². The Morgan fingerprint density at radius 1 is 1.21 bits per heavy atom. The van der Waals surface area contributed by atoms with Crippen LogP contribution in [0.4, 0.5) is 5.95 Å². The molecular weight excluding hydrogens is 460 g/mol. The monoisotopic (exact) mass is 488 g/mol. The van der Waals surface area contributed by atoms with Crippen molar-refractivity contribution in [2.45, 2.75) is 31.4 Å². The smallest absolute Gasteiger partial charge is 0.326 e. The molecule has 0 saturated carbocycles. The molecule has 0 unspecified atom stereocenters. The third kappa shape index (κ3) is 5.18. The van der Waals surface area contributed by atoms with Crippen molar-refractivity contribution < 1.29 is 22.7 Å². The van der Waals surface area contributed by atoms with Crippen LogP contribution < -0.4 is 4.90 Å². The summed E-state index contributed by atoms with van der Waals surface area (Å²) in [5, 5.41) is 0. The number of hydrogen-bond donors (Lipinski definition) is 0. The van der Waals surface area contributed by atoms with Gasteiger partial charge in [0.1, 0.15) is 19.0 Å². The first-order valence-corrected chi connectivity index (χ1v) is 12.5. The van der Waals surface area contributed by atoms with Crippen molar-refractivity contribution in [3.8, 4) is 0 Å². The minimum absolute atomic E-state index is 0.0139. The fraction of sp³-hybridized carbons (Fsp3) is 0.455. The van der Waals surface area contributed by atoms with Gasteiger partial charge in [-0.05, 0) is 30.7 Å². The second-order valence-electron chi connectivity index (χ2n) is 7.91. The zero-order valence-corrected chi connectivity index (χ0v) is 20.1. The van der Waals surface area contributed by atoms with E-state index in [1.54, 1.807) is 48.6 Å². The Morgan fingerprint density at radius 3 is 2.65 bits per heavy atom. The normalized spacial score (nSPS) is 14.9. The van der Waals surface area contributed by atoms with Gasteiger partial charge in [-0.2, -0.15) is 4.31 Å². The van der Waals surface area contributed by atoms with Crippen molar-refractivity contribution in [1.82, 2.24) is 23.8 Å². The number of aryl methyl sites for hydroxylation is 1. The van der Waals surface area contributed by atoms with Gasteiger partial charge in [0.15, 0.2) is 0 Å². The Labute approximate surface area is 198 Å². The molecule has 182 valence electrons. The van der Waals surface area contributed by atoms with Crippen molar-refractivity contribution in [2.24, 2.45) is 0 Å². The number of imidazole rings is 1. The van der Waals surface area contributed by atoms with E-state index in [1.165, 1.54) is 4.31 Å². The molecule has 0 spiro atoms. The van der Waals surface area contributed by atoms with Gasteiger partial charge in [-0.25, -0.2) is 23.4 Å². The van der Waals surface area contributed by atoms with Crippen LogP contribution in [0.3, 0.4) is 0 Å². The van der Waals surface area contributed by atoms with E-state index >= 15 is 0 Å². The van der Waals surface area contributed by atoms with Crippen molar-refractivity contribution >= 4 is 33.0 Å². The van der Waals surface area contributed by atoms with E-state index in [2.05, 4.69) is 15.0 Å². The number of hydrogen-bond acceptors (Lipinski definition) is 9. The zero-order chi connectivity index (χ0) is 24.1. The predicted octanol–water partition coefficient (Wildman–Crippen LogP) is 1.44. The quantitative estimate of drug-likeness (QED) is 0.412. The van der Waals surface area contributed by atoms with E-state index < -0.39 is 16.0 Å². The average molecular weight is 489 g/mol. The number of fused-ring (bicyclic) bond motifs is 1. The molecule has 11 nitrogen and oxygen atoms in total. The first kappa shape index (κ1) is 24.0. The van der Waals surface area contributed by atoms with Crippen LogP contribution in [0.1, 0.15) is 19.2 Å². The van der Waals surface area contributed by atoms with Gasteiger partial charge in [0.25, 0.3) is 0 Å². The molecule has 0 aliphatic carbocycles. The summed E-state index contributed by atoms with van der Waals surface area (Å²) in [6, 6.07) is 6.65. The summed E-state index contributed by atoms with van der Waals surface area (Å²) in [5.74, 6) is 0.539. The lowest BCUT2D eigenvalue weighted by atomic mass is 10.3. The van der Waals surface area contributed by atoms with Crippen LogP contribution in [0.25, 0.3) is 11.0 Å². The second kappa shape index (κ2) is 10.5. The molecule has 3 heterocycles. The fourth-order valence-corrected chi connectivity index (χ4v) is 5.21. The lowest BCUT2D eigenvalue weighted by Gasteiger charge is -2.26. The fourth-order valence-electron chi connectivity index (χ4n) is 3.78. The first-order chi connectivity index (χ1) is 16.4. The molecule has 0 N–H and O–H groups in total. The van der Waals surface area contributed by atoms with E-state index in [0.717, 1.165) is 11.9 Å². The van der Waals surface area contributed by atoms with Gasteiger partial charge in [-0.1, -0.05) is 6.92 Å². The number of aromatic nitrogens is 4. The van der Waals surface area contributed by atoms with Gasteiger partial charge >= 0.3 is 5.97 Å². The Balaban J connectivity index is 1.51. The highest BCUT2D eigenvalue weighted by Gasteiger charge is 2.27. The second-order valence-corrected chi connectivity index (χ2v) is 9.85. The number of likely N-dealkylation sites (N-methyl/N-ethyl adjacent to an activating group) is 1. The highest BCUT2D eigenvalue weighted by molar-refractivity contribution is 7.89. The molecular formula is C22H28N6O5S. The van der Waals surface area contributed by atoms with Gasteiger partial charge in [0.05, 0.1) is 29.1 Å². The summed E-state index contributed by atoms with van der Waals surface area (Å²) in [4.78, 5) is 27.0. The van der Waals surface area contributed by atoms with Crippen LogP contribution in [0.15, 0.2) is 41.6 Å². The molecule has 3 aromatic rings. The maximum Gasteiger partial charge on any atom is 0.326 e.